The van der Waals surface area contributed by atoms with Crippen LogP contribution in [0.3, 0.4) is 0 Å². The molecule has 4 aromatic rings. The molecule has 1 fully saturated rings. The van der Waals surface area contributed by atoms with Crippen molar-refractivity contribution in [2.75, 3.05) is 0 Å². The van der Waals surface area contributed by atoms with Crippen molar-refractivity contribution >= 4 is 52.0 Å². The first-order valence-electron chi connectivity index (χ1n) is 14.3. The summed E-state index contributed by atoms with van der Waals surface area (Å²) in [7, 11) is 0. The monoisotopic (exact) mass is 606 g/mol. The Kier molecular flexibility index (Phi) is 9.55. The fourth-order valence-electron chi connectivity index (χ4n) is 5.46. The van der Waals surface area contributed by atoms with Crippen molar-refractivity contribution in [2.45, 2.75) is 64.0 Å². The van der Waals surface area contributed by atoms with E-state index in [1.54, 1.807) is 49.5 Å². The Morgan fingerprint density at radius 2 is 1.71 bits per heavy atom. The lowest BCUT2D eigenvalue weighted by molar-refractivity contribution is -0.124. The fourth-order valence-corrected chi connectivity index (χ4v) is 5.97. The zero-order chi connectivity index (χ0) is 29.6. The summed E-state index contributed by atoms with van der Waals surface area (Å²) in [5.74, 6) is -1.53. The average molecular weight is 608 g/mol. The number of ketones is 1. The molecule has 2 aromatic heterocycles. The first-order chi connectivity index (χ1) is 20.4. The molecule has 0 saturated heterocycles. The van der Waals surface area contributed by atoms with E-state index in [0.29, 0.717) is 22.7 Å². The number of nitrogens with zero attached hydrogens (tertiary/aromatic N) is 2. The number of hydrogen-bond acceptors (Lipinski definition) is 6. The van der Waals surface area contributed by atoms with Crippen molar-refractivity contribution in [3.8, 4) is 11.1 Å². The third-order valence-corrected chi connectivity index (χ3v) is 8.40. The topological polar surface area (TPSA) is 114 Å². The van der Waals surface area contributed by atoms with Gasteiger partial charge in [0, 0.05) is 16.8 Å². The van der Waals surface area contributed by atoms with Crippen molar-refractivity contribution in [1.82, 2.24) is 20.6 Å². The number of fused-ring (bicyclic) bond motifs is 1. The van der Waals surface area contributed by atoms with Gasteiger partial charge in [-0.15, -0.1) is 0 Å². The molecule has 1 aliphatic rings. The first kappa shape index (κ1) is 29.7. The van der Waals surface area contributed by atoms with Crippen LogP contribution >= 0.6 is 23.2 Å². The van der Waals surface area contributed by atoms with Gasteiger partial charge < -0.3 is 15.1 Å². The highest BCUT2D eigenvalue weighted by molar-refractivity contribution is 6.35. The van der Waals surface area contributed by atoms with Gasteiger partial charge in [0.05, 0.1) is 16.6 Å². The van der Waals surface area contributed by atoms with Crippen LogP contribution in [0.25, 0.3) is 22.4 Å². The van der Waals surface area contributed by atoms with Crippen molar-refractivity contribution in [3.05, 3.63) is 82.3 Å². The third-order valence-electron chi connectivity index (χ3n) is 7.76. The predicted octanol–water partition coefficient (Wildman–Crippen LogP) is 7.04. The summed E-state index contributed by atoms with van der Waals surface area (Å²) >= 11 is 12.9. The maximum absolute atomic E-state index is 13.8. The Morgan fingerprint density at radius 3 is 2.40 bits per heavy atom. The van der Waals surface area contributed by atoms with Crippen LogP contribution in [0, 0.1) is 5.92 Å². The largest absolute Gasteiger partial charge is 0.432 e. The molecule has 10 heteroatoms. The molecule has 1 aliphatic carbocycles. The maximum Gasteiger partial charge on any atom is 0.268 e. The smallest absolute Gasteiger partial charge is 0.268 e. The lowest BCUT2D eigenvalue weighted by Gasteiger charge is -2.28. The first-order valence-corrected chi connectivity index (χ1v) is 15.0. The average Bonchev–Trinajstić information content (AvgIpc) is 3.25. The Morgan fingerprint density at radius 1 is 0.952 bits per heavy atom. The van der Waals surface area contributed by atoms with Gasteiger partial charge in [0.2, 0.25) is 11.7 Å². The number of amides is 2. The second kappa shape index (κ2) is 13.5. The molecular weight excluding hydrogens is 575 g/mol. The number of hydrogen-bond donors (Lipinski definition) is 2. The van der Waals surface area contributed by atoms with E-state index in [1.807, 2.05) is 18.2 Å². The van der Waals surface area contributed by atoms with Gasteiger partial charge in [-0.1, -0.05) is 80.1 Å². The number of pyridine rings is 1. The third kappa shape index (κ3) is 6.66. The van der Waals surface area contributed by atoms with Crippen LogP contribution in [-0.2, 0) is 4.79 Å². The van der Waals surface area contributed by atoms with E-state index >= 15 is 0 Å². The molecule has 2 heterocycles. The van der Waals surface area contributed by atoms with Gasteiger partial charge in [0.15, 0.2) is 11.2 Å². The summed E-state index contributed by atoms with van der Waals surface area (Å²) < 4.78 is 5.60. The number of oxazole rings is 1. The number of carbonyl (C=O) groups is 3. The molecule has 2 amide bonds. The molecule has 218 valence electrons. The molecule has 8 nitrogen and oxygen atoms in total. The van der Waals surface area contributed by atoms with Crippen molar-refractivity contribution in [2.24, 2.45) is 5.92 Å². The van der Waals surface area contributed by atoms with E-state index in [-0.39, 0.29) is 22.4 Å². The van der Waals surface area contributed by atoms with Crippen LogP contribution in [-0.4, -0.2) is 39.6 Å². The lowest BCUT2D eigenvalue weighted by atomic mass is 9.90. The maximum atomic E-state index is 13.8. The lowest BCUT2D eigenvalue weighted by Crippen LogP contribution is -2.54. The molecule has 42 heavy (non-hydrogen) atoms. The Labute approximate surface area is 254 Å². The summed E-state index contributed by atoms with van der Waals surface area (Å²) in [5, 5.41) is 6.63. The van der Waals surface area contributed by atoms with Gasteiger partial charge in [-0.05, 0) is 61.1 Å². The number of aromatic nitrogens is 2. The Balaban J connectivity index is 1.36. The predicted molar refractivity (Wildman–Crippen MR) is 163 cm³/mol. The van der Waals surface area contributed by atoms with Crippen LogP contribution in [0.2, 0.25) is 10.0 Å². The Bertz CT molecular complexity index is 1560. The van der Waals surface area contributed by atoms with Gasteiger partial charge >= 0.3 is 0 Å². The van der Waals surface area contributed by atoms with Crippen molar-refractivity contribution < 1.29 is 18.8 Å². The highest BCUT2D eigenvalue weighted by atomic mass is 35.5. The standard InChI is InChI=1S/C32H32Cl2N4O4/c1-2-25(28(39)32-38-29-26(42-32)14-9-17-35-29)36-31(41)27(19-10-5-3-4-6-11-19)37-30(40)22-16-15-20(18-24(22)34)21-12-7-8-13-23(21)33/h7-9,12-19,25,27H,2-6,10-11H2,1H3,(H,36,41)(H,37,40)/t25-,27?/m0/s1. The molecule has 0 bridgehead atoms. The number of carbonyl (C=O) groups excluding carboxylic acids is 3. The quantitative estimate of drug-likeness (QED) is 0.156. The molecule has 2 aromatic carbocycles. The molecule has 2 N–H and O–H groups in total. The summed E-state index contributed by atoms with van der Waals surface area (Å²) in [6, 6.07) is 14.1. The normalized spacial score (nSPS) is 15.5. The minimum Gasteiger partial charge on any atom is -0.432 e. The van der Waals surface area contributed by atoms with E-state index < -0.39 is 29.7 Å². The molecule has 1 saturated carbocycles. The minimum atomic E-state index is -0.880. The van der Waals surface area contributed by atoms with Crippen LogP contribution < -0.4 is 10.6 Å². The van der Waals surface area contributed by atoms with E-state index in [4.69, 9.17) is 27.6 Å². The molecule has 2 atom stereocenters. The molecular formula is C32H32Cl2N4O4. The molecule has 1 unspecified atom stereocenters. The van der Waals surface area contributed by atoms with Gasteiger partial charge in [-0.2, -0.15) is 4.98 Å². The van der Waals surface area contributed by atoms with Gasteiger partial charge in [-0.25, -0.2) is 4.98 Å². The van der Waals surface area contributed by atoms with Crippen LogP contribution in [0.1, 0.15) is 72.9 Å². The second-order valence-corrected chi connectivity index (χ2v) is 11.4. The molecule has 0 aliphatic heterocycles. The van der Waals surface area contributed by atoms with Crippen molar-refractivity contribution in [1.29, 1.82) is 0 Å². The van der Waals surface area contributed by atoms with Crippen LogP contribution in [0.15, 0.2) is 65.2 Å². The van der Waals surface area contributed by atoms with E-state index in [1.165, 1.54) is 0 Å². The minimum absolute atomic E-state index is 0.0845. The van der Waals surface area contributed by atoms with Gasteiger partial charge in [-0.3, -0.25) is 14.4 Å². The zero-order valence-electron chi connectivity index (χ0n) is 23.2. The van der Waals surface area contributed by atoms with E-state index in [9.17, 15) is 14.4 Å². The SMILES string of the molecule is CC[C@H](NC(=O)C(NC(=O)c1ccc(-c2ccccc2Cl)cc1Cl)C1CCCCCC1)C(=O)c1nc2ncccc2o1. The van der Waals surface area contributed by atoms with Gasteiger partial charge in [0.1, 0.15) is 6.04 Å². The summed E-state index contributed by atoms with van der Waals surface area (Å²) in [4.78, 5) is 48.9. The number of halogens is 2. The Hall–Kier alpha value is -3.75. The van der Waals surface area contributed by atoms with Gasteiger partial charge in [0.25, 0.3) is 11.8 Å². The number of nitrogens with one attached hydrogen (secondary N) is 2. The highest BCUT2D eigenvalue weighted by Crippen LogP contribution is 2.31. The number of benzene rings is 2. The molecule has 0 spiro atoms. The number of rotatable bonds is 9. The van der Waals surface area contributed by atoms with E-state index in [0.717, 1.165) is 49.7 Å². The summed E-state index contributed by atoms with van der Waals surface area (Å²) in [6.07, 6.45) is 7.55. The van der Waals surface area contributed by atoms with Crippen LogP contribution in [0.4, 0.5) is 0 Å². The zero-order valence-corrected chi connectivity index (χ0v) is 24.8. The van der Waals surface area contributed by atoms with E-state index in [2.05, 4.69) is 20.6 Å². The summed E-state index contributed by atoms with van der Waals surface area (Å²) in [6.45, 7) is 1.79. The second-order valence-electron chi connectivity index (χ2n) is 10.6. The summed E-state index contributed by atoms with van der Waals surface area (Å²) in [5.41, 5.74) is 2.54. The number of Topliss-reactive ketones (excluding diaryl/α,β-unsaturated/α-hetero) is 1. The van der Waals surface area contributed by atoms with Crippen molar-refractivity contribution in [3.63, 3.8) is 0 Å². The highest BCUT2D eigenvalue weighted by Gasteiger charge is 2.34. The fraction of sp³-hybridized carbons (Fsp3) is 0.344. The molecule has 5 rings (SSSR count). The van der Waals surface area contributed by atoms with Crippen LogP contribution in [0.5, 0.6) is 0 Å². The molecule has 0 radical (unpaired) electrons.